The van der Waals surface area contributed by atoms with Crippen molar-refractivity contribution in [3.8, 4) is 23.0 Å². The molecule has 0 fully saturated rings. The maximum atomic E-state index is 12.1. The first-order valence-electron chi connectivity index (χ1n) is 7.62. The first-order valence-corrected chi connectivity index (χ1v) is 7.62. The third-order valence-electron chi connectivity index (χ3n) is 3.35. The van der Waals surface area contributed by atoms with Crippen molar-refractivity contribution in [1.29, 1.82) is 0 Å². The predicted molar refractivity (Wildman–Crippen MR) is 91.6 cm³/mol. The van der Waals surface area contributed by atoms with E-state index in [9.17, 15) is 4.79 Å². The zero-order valence-electron chi connectivity index (χ0n) is 13.9. The lowest BCUT2D eigenvalue weighted by molar-refractivity contribution is -0.118. The second-order valence-electron chi connectivity index (χ2n) is 5.22. The van der Waals surface area contributed by atoms with Crippen molar-refractivity contribution in [2.45, 2.75) is 6.92 Å². The van der Waals surface area contributed by atoms with Crippen LogP contribution in [0, 0.1) is 6.92 Å². The summed E-state index contributed by atoms with van der Waals surface area (Å²) in [5.41, 5.74) is 1.34. The summed E-state index contributed by atoms with van der Waals surface area (Å²) in [6.07, 6.45) is 0. The van der Waals surface area contributed by atoms with E-state index in [-0.39, 0.29) is 12.5 Å². The van der Waals surface area contributed by atoms with Gasteiger partial charge in [0, 0.05) is 11.3 Å². The fourth-order valence-electron chi connectivity index (χ4n) is 2.22. The number of nitrogens with zero attached hydrogens (tertiary/aromatic N) is 2. The number of ether oxygens (including phenoxy) is 2. The molecule has 1 aromatic heterocycles. The molecule has 0 radical (unpaired) electrons. The van der Waals surface area contributed by atoms with Crippen molar-refractivity contribution in [1.82, 2.24) is 10.1 Å². The van der Waals surface area contributed by atoms with Crippen LogP contribution in [0.4, 0.5) is 5.69 Å². The number of carbonyl (C=O) groups excluding carboxylic acids is 1. The fraction of sp³-hybridized carbons (Fsp3) is 0.167. The number of anilines is 1. The van der Waals surface area contributed by atoms with E-state index in [1.54, 1.807) is 44.4 Å². The topological polar surface area (TPSA) is 86.5 Å². The average molecular weight is 339 g/mol. The first-order chi connectivity index (χ1) is 12.2. The second kappa shape index (κ2) is 7.48. The van der Waals surface area contributed by atoms with Crippen LogP contribution in [0.15, 0.2) is 53.1 Å². The molecule has 1 amide bonds. The zero-order valence-corrected chi connectivity index (χ0v) is 13.9. The van der Waals surface area contributed by atoms with Crippen LogP contribution in [-0.2, 0) is 4.79 Å². The summed E-state index contributed by atoms with van der Waals surface area (Å²) < 4.78 is 15.8. The minimum Gasteiger partial charge on any atom is -0.493 e. The summed E-state index contributed by atoms with van der Waals surface area (Å²) in [4.78, 5) is 16.3. The number of methoxy groups -OCH3 is 1. The van der Waals surface area contributed by atoms with Crippen molar-refractivity contribution in [3.05, 3.63) is 54.4 Å². The molecule has 0 saturated heterocycles. The molecule has 3 aromatic rings. The molecular weight excluding hydrogens is 322 g/mol. The highest BCUT2D eigenvalue weighted by molar-refractivity contribution is 5.92. The van der Waals surface area contributed by atoms with E-state index in [1.807, 2.05) is 18.2 Å². The Kier molecular flexibility index (Phi) is 4.94. The van der Waals surface area contributed by atoms with Gasteiger partial charge in [-0.2, -0.15) is 4.98 Å². The van der Waals surface area contributed by atoms with Gasteiger partial charge >= 0.3 is 0 Å². The molecule has 1 heterocycles. The number of hydrogen-bond acceptors (Lipinski definition) is 6. The van der Waals surface area contributed by atoms with Gasteiger partial charge in [0.05, 0.1) is 7.11 Å². The van der Waals surface area contributed by atoms with Crippen LogP contribution in [0.1, 0.15) is 5.82 Å². The van der Waals surface area contributed by atoms with E-state index in [0.29, 0.717) is 28.9 Å². The Bertz CT molecular complexity index is 876. The Morgan fingerprint density at radius 1 is 1.16 bits per heavy atom. The Hall–Kier alpha value is -3.35. The van der Waals surface area contributed by atoms with E-state index < -0.39 is 0 Å². The smallest absolute Gasteiger partial charge is 0.262 e. The number of benzene rings is 2. The predicted octanol–water partition coefficient (Wildman–Crippen LogP) is 3.07. The van der Waals surface area contributed by atoms with Crippen LogP contribution in [-0.4, -0.2) is 29.8 Å². The molecule has 1 N–H and O–H groups in total. The molecule has 0 bridgehead atoms. The molecule has 0 saturated carbocycles. The van der Waals surface area contributed by atoms with Gasteiger partial charge < -0.3 is 19.3 Å². The maximum absolute atomic E-state index is 12.1. The molecule has 0 spiro atoms. The van der Waals surface area contributed by atoms with E-state index in [4.69, 9.17) is 14.0 Å². The van der Waals surface area contributed by atoms with Gasteiger partial charge in [-0.05, 0) is 37.3 Å². The van der Waals surface area contributed by atoms with Gasteiger partial charge in [0.1, 0.15) is 0 Å². The third-order valence-corrected chi connectivity index (χ3v) is 3.35. The van der Waals surface area contributed by atoms with E-state index in [2.05, 4.69) is 15.5 Å². The Morgan fingerprint density at radius 2 is 1.96 bits per heavy atom. The molecule has 0 aliphatic rings. The van der Waals surface area contributed by atoms with Crippen LogP contribution < -0.4 is 14.8 Å². The molecule has 2 aromatic carbocycles. The van der Waals surface area contributed by atoms with Crippen molar-refractivity contribution >= 4 is 11.6 Å². The number of rotatable bonds is 6. The number of aromatic nitrogens is 2. The number of hydrogen-bond donors (Lipinski definition) is 1. The van der Waals surface area contributed by atoms with Crippen molar-refractivity contribution in [3.63, 3.8) is 0 Å². The monoisotopic (exact) mass is 339 g/mol. The normalized spacial score (nSPS) is 10.3. The molecule has 7 heteroatoms. The molecule has 0 aliphatic heterocycles. The fourth-order valence-corrected chi connectivity index (χ4v) is 2.22. The maximum Gasteiger partial charge on any atom is 0.262 e. The number of nitrogens with one attached hydrogen (secondary N) is 1. The Balaban J connectivity index is 1.63. The zero-order chi connectivity index (χ0) is 17.6. The van der Waals surface area contributed by atoms with Crippen LogP contribution in [0.25, 0.3) is 11.5 Å². The number of aryl methyl sites for hydroxylation is 1. The van der Waals surface area contributed by atoms with Crippen molar-refractivity contribution in [2.75, 3.05) is 19.0 Å². The van der Waals surface area contributed by atoms with E-state index >= 15 is 0 Å². The highest BCUT2D eigenvalue weighted by Crippen LogP contribution is 2.26. The molecule has 3 rings (SSSR count). The minimum absolute atomic E-state index is 0.135. The summed E-state index contributed by atoms with van der Waals surface area (Å²) in [6.45, 7) is 1.61. The molecule has 128 valence electrons. The van der Waals surface area contributed by atoms with Gasteiger partial charge in [-0.25, -0.2) is 0 Å². The quantitative estimate of drug-likeness (QED) is 0.743. The van der Waals surface area contributed by atoms with Gasteiger partial charge in [-0.1, -0.05) is 23.4 Å². The van der Waals surface area contributed by atoms with Gasteiger partial charge in [0.2, 0.25) is 0 Å². The second-order valence-corrected chi connectivity index (χ2v) is 5.22. The summed E-state index contributed by atoms with van der Waals surface area (Å²) in [5, 5.41) is 6.53. The number of amides is 1. The summed E-state index contributed by atoms with van der Waals surface area (Å²) in [7, 11) is 1.55. The van der Waals surface area contributed by atoms with Crippen LogP contribution in [0.5, 0.6) is 11.5 Å². The standard InChI is InChI=1S/C18H17N3O4/c1-12-19-18(25-21-12)13-6-5-7-14(10-13)20-17(22)11-24-16-9-4-3-8-15(16)23-2/h3-10H,11H2,1-2H3,(H,20,22). The van der Waals surface area contributed by atoms with Crippen LogP contribution >= 0.6 is 0 Å². The van der Waals surface area contributed by atoms with Crippen molar-refractivity contribution in [2.24, 2.45) is 0 Å². The van der Waals surface area contributed by atoms with E-state index in [1.165, 1.54) is 0 Å². The highest BCUT2D eigenvalue weighted by Gasteiger charge is 2.10. The van der Waals surface area contributed by atoms with Crippen LogP contribution in [0.3, 0.4) is 0 Å². The lowest BCUT2D eigenvalue weighted by Crippen LogP contribution is -2.20. The molecule has 0 unspecified atom stereocenters. The first kappa shape index (κ1) is 16.5. The highest BCUT2D eigenvalue weighted by atomic mass is 16.5. The molecular formula is C18H17N3O4. The van der Waals surface area contributed by atoms with Gasteiger partial charge in [-0.15, -0.1) is 0 Å². The average Bonchev–Trinajstić information content (AvgIpc) is 3.07. The summed E-state index contributed by atoms with van der Waals surface area (Å²) in [6, 6.07) is 14.3. The Morgan fingerprint density at radius 3 is 2.68 bits per heavy atom. The van der Waals surface area contributed by atoms with Gasteiger partial charge in [-0.3, -0.25) is 4.79 Å². The lowest BCUT2D eigenvalue weighted by atomic mass is 10.2. The Labute approximate surface area is 144 Å². The lowest BCUT2D eigenvalue weighted by Gasteiger charge is -2.10. The number of carbonyl (C=O) groups is 1. The summed E-state index contributed by atoms with van der Waals surface area (Å²) >= 11 is 0. The minimum atomic E-state index is -0.287. The molecule has 7 nitrogen and oxygen atoms in total. The SMILES string of the molecule is COc1ccccc1OCC(=O)Nc1cccc(-c2nc(C)no2)c1. The summed E-state index contributed by atoms with van der Waals surface area (Å²) in [5.74, 6) is 1.75. The van der Waals surface area contributed by atoms with Gasteiger partial charge in [0.15, 0.2) is 23.9 Å². The number of para-hydroxylation sites is 2. The molecule has 25 heavy (non-hydrogen) atoms. The molecule has 0 aliphatic carbocycles. The van der Waals surface area contributed by atoms with Crippen molar-refractivity contribution < 1.29 is 18.8 Å². The largest absolute Gasteiger partial charge is 0.493 e. The third kappa shape index (κ3) is 4.14. The van der Waals surface area contributed by atoms with Gasteiger partial charge in [0.25, 0.3) is 11.8 Å². The van der Waals surface area contributed by atoms with E-state index in [0.717, 1.165) is 5.56 Å². The molecule has 0 atom stereocenters. The van der Waals surface area contributed by atoms with Crippen LogP contribution in [0.2, 0.25) is 0 Å².